The molecule has 2 atom stereocenters. The van der Waals surface area contributed by atoms with E-state index in [2.05, 4.69) is 32.0 Å². The summed E-state index contributed by atoms with van der Waals surface area (Å²) in [6, 6.07) is 7.07. The molecule has 70 valence electrons. The van der Waals surface area contributed by atoms with Gasteiger partial charge in [0.1, 0.15) is 0 Å². The lowest BCUT2D eigenvalue weighted by Gasteiger charge is -2.35. The first-order valence-corrected chi connectivity index (χ1v) is 5.01. The summed E-state index contributed by atoms with van der Waals surface area (Å²) in [5.74, 6) is 0.625. The Balaban J connectivity index is 2.33. The molecule has 0 bridgehead atoms. The number of nitrogens with two attached hydrogens (primary N) is 1. The third-order valence-electron chi connectivity index (χ3n) is 3.16. The minimum absolute atomic E-state index is 0.403. The normalized spacial score (nSPS) is 27.0. The van der Waals surface area contributed by atoms with Gasteiger partial charge in [-0.3, -0.25) is 0 Å². The summed E-state index contributed by atoms with van der Waals surface area (Å²) in [5.41, 5.74) is 10.2. The van der Waals surface area contributed by atoms with Gasteiger partial charge in [0.2, 0.25) is 0 Å². The molecule has 0 saturated heterocycles. The van der Waals surface area contributed by atoms with Crippen LogP contribution in [0.3, 0.4) is 0 Å². The Kier molecular flexibility index (Phi) is 2.12. The number of hydrogen-bond donors (Lipinski definition) is 1. The summed E-state index contributed by atoms with van der Waals surface area (Å²) in [4.78, 5) is 0. The quantitative estimate of drug-likeness (QED) is 0.697. The molecule has 1 aliphatic rings. The predicted octanol–water partition coefficient (Wildman–Crippen LogP) is 2.51. The van der Waals surface area contributed by atoms with Gasteiger partial charge in [0, 0.05) is 6.04 Å². The zero-order chi connectivity index (χ0) is 9.42. The van der Waals surface area contributed by atoms with Crippen LogP contribution in [0.25, 0.3) is 0 Å². The molecule has 1 aliphatic carbocycles. The molecular formula is C12H17N. The highest BCUT2D eigenvalue weighted by Gasteiger charge is 2.29. The van der Waals surface area contributed by atoms with Crippen LogP contribution in [0.5, 0.6) is 0 Å². The van der Waals surface area contributed by atoms with Gasteiger partial charge in [-0.25, -0.2) is 0 Å². The van der Waals surface area contributed by atoms with Crippen LogP contribution in [0.1, 0.15) is 35.4 Å². The van der Waals surface area contributed by atoms with Crippen LogP contribution in [-0.2, 0) is 0 Å². The first-order valence-electron chi connectivity index (χ1n) is 5.01. The molecule has 0 amide bonds. The van der Waals surface area contributed by atoms with Gasteiger partial charge in [0.25, 0.3) is 0 Å². The Bertz CT molecular complexity index is 317. The van der Waals surface area contributed by atoms with Crippen LogP contribution in [0, 0.1) is 13.8 Å². The molecule has 1 fully saturated rings. The number of hydrogen-bond acceptors (Lipinski definition) is 1. The smallest absolute Gasteiger partial charge is 0.0108 e. The summed E-state index contributed by atoms with van der Waals surface area (Å²) >= 11 is 0. The van der Waals surface area contributed by atoms with Gasteiger partial charge in [-0.15, -0.1) is 0 Å². The van der Waals surface area contributed by atoms with Gasteiger partial charge in [-0.05, 0) is 43.7 Å². The average molecular weight is 175 g/mol. The highest BCUT2D eigenvalue weighted by molar-refractivity contribution is 5.35. The van der Waals surface area contributed by atoms with E-state index in [9.17, 15) is 0 Å². The molecule has 1 saturated carbocycles. The number of aryl methyl sites for hydroxylation is 2. The zero-order valence-corrected chi connectivity index (χ0v) is 8.38. The molecule has 0 heterocycles. The van der Waals surface area contributed by atoms with E-state index in [0.29, 0.717) is 12.0 Å². The lowest BCUT2D eigenvalue weighted by molar-refractivity contribution is 0.345. The van der Waals surface area contributed by atoms with E-state index in [1.54, 1.807) is 0 Å². The van der Waals surface area contributed by atoms with Crippen molar-refractivity contribution >= 4 is 0 Å². The fourth-order valence-corrected chi connectivity index (χ4v) is 2.07. The molecular weight excluding hydrogens is 158 g/mol. The van der Waals surface area contributed by atoms with Gasteiger partial charge >= 0.3 is 0 Å². The topological polar surface area (TPSA) is 26.0 Å². The third kappa shape index (κ3) is 1.49. The Hall–Kier alpha value is -0.820. The van der Waals surface area contributed by atoms with E-state index in [0.717, 1.165) is 0 Å². The zero-order valence-electron chi connectivity index (χ0n) is 8.38. The second kappa shape index (κ2) is 3.15. The molecule has 0 aliphatic heterocycles. The molecule has 0 aromatic heterocycles. The van der Waals surface area contributed by atoms with Crippen LogP contribution in [0.2, 0.25) is 0 Å². The predicted molar refractivity (Wildman–Crippen MR) is 55.9 cm³/mol. The second-order valence-electron chi connectivity index (χ2n) is 4.21. The van der Waals surface area contributed by atoms with Crippen LogP contribution < -0.4 is 5.73 Å². The van der Waals surface area contributed by atoms with Crippen LogP contribution >= 0.6 is 0 Å². The fraction of sp³-hybridized carbons (Fsp3) is 0.500. The molecule has 1 aromatic rings. The standard InChI is InChI=1S/C12H17N/c1-8-3-4-9(2)11(7-8)10-5-6-12(10)13/h3-4,7,10,12H,5-6,13H2,1-2H3. The van der Waals surface area contributed by atoms with E-state index in [1.165, 1.54) is 29.5 Å². The molecule has 2 unspecified atom stereocenters. The first kappa shape index (κ1) is 8.76. The van der Waals surface area contributed by atoms with Crippen molar-refractivity contribution in [1.82, 2.24) is 0 Å². The van der Waals surface area contributed by atoms with Gasteiger partial charge in [0.05, 0.1) is 0 Å². The summed E-state index contributed by atoms with van der Waals surface area (Å²) in [7, 11) is 0. The minimum atomic E-state index is 0.403. The number of rotatable bonds is 1. The monoisotopic (exact) mass is 175 g/mol. The van der Waals surface area contributed by atoms with Gasteiger partial charge in [-0.2, -0.15) is 0 Å². The largest absolute Gasteiger partial charge is 0.327 e. The molecule has 2 N–H and O–H groups in total. The second-order valence-corrected chi connectivity index (χ2v) is 4.21. The summed E-state index contributed by atoms with van der Waals surface area (Å²) < 4.78 is 0. The van der Waals surface area contributed by atoms with E-state index >= 15 is 0 Å². The van der Waals surface area contributed by atoms with Crippen molar-refractivity contribution in [3.8, 4) is 0 Å². The maximum absolute atomic E-state index is 5.97. The van der Waals surface area contributed by atoms with E-state index in [-0.39, 0.29) is 0 Å². The molecule has 1 aromatic carbocycles. The molecule has 0 spiro atoms. The lowest BCUT2D eigenvalue weighted by atomic mass is 9.74. The van der Waals surface area contributed by atoms with E-state index < -0.39 is 0 Å². The summed E-state index contributed by atoms with van der Waals surface area (Å²) in [6.45, 7) is 4.33. The van der Waals surface area contributed by atoms with Crippen molar-refractivity contribution in [2.45, 2.75) is 38.6 Å². The summed E-state index contributed by atoms with van der Waals surface area (Å²) in [6.07, 6.45) is 2.46. The average Bonchev–Trinajstić information content (AvgIpc) is 2.09. The molecule has 1 heteroatoms. The summed E-state index contributed by atoms with van der Waals surface area (Å²) in [5, 5.41) is 0. The van der Waals surface area contributed by atoms with Crippen molar-refractivity contribution < 1.29 is 0 Å². The Morgan fingerprint density at radius 3 is 2.54 bits per heavy atom. The highest BCUT2D eigenvalue weighted by Crippen LogP contribution is 2.37. The Morgan fingerprint density at radius 1 is 1.23 bits per heavy atom. The molecule has 0 radical (unpaired) electrons. The molecule has 13 heavy (non-hydrogen) atoms. The van der Waals surface area contributed by atoms with Gasteiger partial charge in [0.15, 0.2) is 0 Å². The van der Waals surface area contributed by atoms with Crippen LogP contribution in [0.4, 0.5) is 0 Å². The van der Waals surface area contributed by atoms with Crippen molar-refractivity contribution in [2.24, 2.45) is 5.73 Å². The van der Waals surface area contributed by atoms with Crippen LogP contribution in [0.15, 0.2) is 18.2 Å². The fourth-order valence-electron chi connectivity index (χ4n) is 2.07. The Morgan fingerprint density at radius 2 is 2.00 bits per heavy atom. The Labute approximate surface area is 80.0 Å². The van der Waals surface area contributed by atoms with Crippen molar-refractivity contribution in [3.63, 3.8) is 0 Å². The van der Waals surface area contributed by atoms with E-state index in [4.69, 9.17) is 5.73 Å². The van der Waals surface area contributed by atoms with Crippen molar-refractivity contribution in [3.05, 3.63) is 34.9 Å². The van der Waals surface area contributed by atoms with E-state index in [1.807, 2.05) is 0 Å². The van der Waals surface area contributed by atoms with Crippen LogP contribution in [-0.4, -0.2) is 6.04 Å². The number of benzene rings is 1. The first-order chi connectivity index (χ1) is 6.18. The van der Waals surface area contributed by atoms with Gasteiger partial charge in [-0.1, -0.05) is 23.8 Å². The molecule has 2 rings (SSSR count). The van der Waals surface area contributed by atoms with Gasteiger partial charge < -0.3 is 5.73 Å². The maximum Gasteiger partial charge on any atom is 0.0108 e. The maximum atomic E-state index is 5.97. The third-order valence-corrected chi connectivity index (χ3v) is 3.16. The highest BCUT2D eigenvalue weighted by atomic mass is 14.7. The minimum Gasteiger partial charge on any atom is -0.327 e. The van der Waals surface area contributed by atoms with Crippen molar-refractivity contribution in [1.29, 1.82) is 0 Å². The lowest BCUT2D eigenvalue weighted by Crippen LogP contribution is -2.37. The van der Waals surface area contributed by atoms with Crippen molar-refractivity contribution in [2.75, 3.05) is 0 Å². The SMILES string of the molecule is Cc1ccc(C)c(C2CCC2N)c1. The molecule has 1 nitrogen and oxygen atoms in total.